The van der Waals surface area contributed by atoms with Gasteiger partial charge in [-0.2, -0.15) is 0 Å². The van der Waals surface area contributed by atoms with Crippen molar-refractivity contribution in [3.05, 3.63) is 0 Å². The van der Waals surface area contributed by atoms with Crippen molar-refractivity contribution in [2.75, 3.05) is 13.2 Å². The van der Waals surface area contributed by atoms with E-state index in [2.05, 4.69) is 6.92 Å². The van der Waals surface area contributed by atoms with Crippen LogP contribution >= 0.6 is 0 Å². The van der Waals surface area contributed by atoms with Crippen LogP contribution in [0.15, 0.2) is 0 Å². The zero-order chi connectivity index (χ0) is 7.73. The summed E-state index contributed by atoms with van der Waals surface area (Å²) in [6.45, 7) is 4.10. The second-order valence-electron chi connectivity index (χ2n) is 3.71. The molecule has 2 aliphatic heterocycles. The molecule has 0 saturated carbocycles. The first-order valence-electron chi connectivity index (χ1n) is 4.60. The van der Waals surface area contributed by atoms with Gasteiger partial charge in [-0.15, -0.1) is 0 Å². The third-order valence-electron chi connectivity index (χ3n) is 2.67. The van der Waals surface area contributed by atoms with Gasteiger partial charge in [0.15, 0.2) is 0 Å². The van der Waals surface area contributed by atoms with Crippen LogP contribution in [0.1, 0.15) is 32.6 Å². The lowest BCUT2D eigenvalue weighted by molar-refractivity contribution is -0.0235. The van der Waals surface area contributed by atoms with Crippen LogP contribution in [0.4, 0.5) is 0 Å². The topological polar surface area (TPSA) is 21.8 Å². The lowest BCUT2D eigenvalue weighted by Crippen LogP contribution is -2.31. The molecular weight excluding hydrogens is 140 g/mol. The molecule has 0 amide bonds. The first-order chi connectivity index (χ1) is 5.35. The second kappa shape index (κ2) is 2.76. The normalized spacial score (nSPS) is 42.8. The molecular formula is C9H16O2. The molecule has 0 radical (unpaired) electrons. The summed E-state index contributed by atoms with van der Waals surface area (Å²) in [6, 6.07) is 0. The van der Waals surface area contributed by atoms with E-state index in [1.54, 1.807) is 0 Å². The summed E-state index contributed by atoms with van der Waals surface area (Å²) in [5.74, 6) is 0. The van der Waals surface area contributed by atoms with Crippen LogP contribution in [0.5, 0.6) is 0 Å². The Balaban J connectivity index is 1.83. The highest BCUT2D eigenvalue weighted by atomic mass is 16.6. The molecule has 64 valence electrons. The zero-order valence-electron chi connectivity index (χ0n) is 7.14. The average molecular weight is 156 g/mol. The van der Waals surface area contributed by atoms with Gasteiger partial charge in [0.1, 0.15) is 0 Å². The fraction of sp³-hybridized carbons (Fsp3) is 1.00. The number of hydrogen-bond donors (Lipinski definition) is 0. The predicted octanol–water partition coefficient (Wildman–Crippen LogP) is 1.73. The molecule has 0 N–H and O–H groups in total. The van der Waals surface area contributed by atoms with E-state index in [1.165, 1.54) is 12.8 Å². The lowest BCUT2D eigenvalue weighted by atomic mass is 9.94. The molecule has 0 bridgehead atoms. The molecule has 2 saturated heterocycles. The third-order valence-corrected chi connectivity index (χ3v) is 2.67. The van der Waals surface area contributed by atoms with Crippen LogP contribution in [-0.4, -0.2) is 24.9 Å². The van der Waals surface area contributed by atoms with Gasteiger partial charge in [-0.3, -0.25) is 0 Å². The molecule has 11 heavy (non-hydrogen) atoms. The molecule has 2 heterocycles. The molecule has 2 heteroatoms. The van der Waals surface area contributed by atoms with Crippen molar-refractivity contribution in [2.45, 2.75) is 44.3 Å². The summed E-state index contributed by atoms with van der Waals surface area (Å²) in [5, 5.41) is 0. The highest BCUT2D eigenvalue weighted by Crippen LogP contribution is 2.40. The van der Waals surface area contributed by atoms with Crippen LogP contribution in [0, 0.1) is 0 Å². The fourth-order valence-corrected chi connectivity index (χ4v) is 1.86. The number of epoxide rings is 1. The van der Waals surface area contributed by atoms with Crippen molar-refractivity contribution in [1.82, 2.24) is 0 Å². The van der Waals surface area contributed by atoms with E-state index in [-0.39, 0.29) is 5.60 Å². The van der Waals surface area contributed by atoms with Crippen LogP contribution in [-0.2, 0) is 9.47 Å². The molecule has 0 aromatic carbocycles. The van der Waals surface area contributed by atoms with Gasteiger partial charge in [0.25, 0.3) is 0 Å². The van der Waals surface area contributed by atoms with Gasteiger partial charge in [-0.05, 0) is 6.42 Å². The average Bonchev–Trinajstić information content (AvgIpc) is 2.70. The van der Waals surface area contributed by atoms with Crippen LogP contribution in [0.25, 0.3) is 0 Å². The monoisotopic (exact) mass is 156 g/mol. The van der Waals surface area contributed by atoms with E-state index < -0.39 is 0 Å². The van der Waals surface area contributed by atoms with E-state index in [0.717, 1.165) is 26.1 Å². The van der Waals surface area contributed by atoms with Crippen molar-refractivity contribution in [1.29, 1.82) is 0 Å². The van der Waals surface area contributed by atoms with Gasteiger partial charge in [0.2, 0.25) is 0 Å². The van der Waals surface area contributed by atoms with Gasteiger partial charge in [-0.25, -0.2) is 0 Å². The van der Waals surface area contributed by atoms with Gasteiger partial charge in [0.05, 0.1) is 18.3 Å². The first kappa shape index (κ1) is 7.56. The number of rotatable bonds is 2. The summed E-state index contributed by atoms with van der Waals surface area (Å²) >= 11 is 0. The van der Waals surface area contributed by atoms with E-state index in [0.29, 0.717) is 6.10 Å². The second-order valence-corrected chi connectivity index (χ2v) is 3.71. The molecule has 2 atom stereocenters. The van der Waals surface area contributed by atoms with E-state index in [4.69, 9.17) is 9.47 Å². The van der Waals surface area contributed by atoms with Gasteiger partial charge >= 0.3 is 0 Å². The predicted molar refractivity (Wildman–Crippen MR) is 42.6 cm³/mol. The molecule has 2 unspecified atom stereocenters. The van der Waals surface area contributed by atoms with Crippen molar-refractivity contribution in [3.63, 3.8) is 0 Å². The maximum atomic E-state index is 5.61. The molecule has 0 aliphatic carbocycles. The van der Waals surface area contributed by atoms with E-state index in [1.807, 2.05) is 0 Å². The van der Waals surface area contributed by atoms with Gasteiger partial charge in [-0.1, -0.05) is 13.3 Å². The van der Waals surface area contributed by atoms with Gasteiger partial charge in [0, 0.05) is 19.4 Å². The molecule has 2 rings (SSSR count). The molecule has 0 aromatic heterocycles. The fourth-order valence-electron chi connectivity index (χ4n) is 1.86. The smallest absolute Gasteiger partial charge is 0.0963 e. The molecule has 1 spiro atoms. The first-order valence-corrected chi connectivity index (χ1v) is 4.60. The highest BCUT2D eigenvalue weighted by molar-refractivity contribution is 4.96. The summed E-state index contributed by atoms with van der Waals surface area (Å²) in [4.78, 5) is 0. The van der Waals surface area contributed by atoms with E-state index in [9.17, 15) is 0 Å². The number of ether oxygens (including phenoxy) is 2. The Morgan fingerprint density at radius 3 is 3.00 bits per heavy atom. The maximum absolute atomic E-state index is 5.61. The SMILES string of the molecule is CCCC1CC2(CCO1)CO2. The Morgan fingerprint density at radius 1 is 1.55 bits per heavy atom. The highest BCUT2D eigenvalue weighted by Gasteiger charge is 2.48. The largest absolute Gasteiger partial charge is 0.378 e. The summed E-state index contributed by atoms with van der Waals surface area (Å²) in [7, 11) is 0. The molecule has 0 aromatic rings. The quantitative estimate of drug-likeness (QED) is 0.568. The zero-order valence-corrected chi connectivity index (χ0v) is 7.14. The van der Waals surface area contributed by atoms with Crippen molar-refractivity contribution in [2.24, 2.45) is 0 Å². The Bertz CT molecular complexity index is 138. The Kier molecular flexibility index (Phi) is 1.90. The minimum atomic E-state index is 0.276. The van der Waals surface area contributed by atoms with Crippen LogP contribution in [0.3, 0.4) is 0 Å². The minimum Gasteiger partial charge on any atom is -0.378 e. The molecule has 2 aliphatic rings. The minimum absolute atomic E-state index is 0.276. The number of hydrogen-bond acceptors (Lipinski definition) is 2. The Morgan fingerprint density at radius 2 is 2.36 bits per heavy atom. The van der Waals surface area contributed by atoms with Crippen molar-refractivity contribution in [3.8, 4) is 0 Å². The Hall–Kier alpha value is -0.0800. The van der Waals surface area contributed by atoms with Crippen LogP contribution < -0.4 is 0 Å². The van der Waals surface area contributed by atoms with Crippen LogP contribution in [0.2, 0.25) is 0 Å². The van der Waals surface area contributed by atoms with Crippen molar-refractivity contribution < 1.29 is 9.47 Å². The molecule has 2 nitrogen and oxygen atoms in total. The summed E-state index contributed by atoms with van der Waals surface area (Å²) in [5.41, 5.74) is 0.276. The van der Waals surface area contributed by atoms with E-state index >= 15 is 0 Å². The lowest BCUT2D eigenvalue weighted by Gasteiger charge is -2.26. The maximum Gasteiger partial charge on any atom is 0.0963 e. The summed E-state index contributed by atoms with van der Waals surface area (Å²) in [6.07, 6.45) is 5.16. The van der Waals surface area contributed by atoms with Gasteiger partial charge < -0.3 is 9.47 Å². The standard InChI is InChI=1S/C9H16O2/c1-2-3-8-6-9(7-11-9)4-5-10-8/h8H,2-7H2,1H3. The Labute approximate surface area is 67.9 Å². The third kappa shape index (κ3) is 1.57. The molecule has 2 fully saturated rings. The summed E-state index contributed by atoms with van der Waals surface area (Å²) < 4.78 is 11.0. The van der Waals surface area contributed by atoms with Crippen molar-refractivity contribution >= 4 is 0 Å².